The Balaban J connectivity index is 1.60. The lowest BCUT2D eigenvalue weighted by atomic mass is 9.80. The number of aromatic amines is 1. The molecule has 0 radical (unpaired) electrons. The van der Waals surface area contributed by atoms with E-state index in [4.69, 9.17) is 18.9 Å². The molecule has 2 heterocycles. The predicted octanol–water partition coefficient (Wildman–Crippen LogP) is 4.46. The van der Waals surface area contributed by atoms with Gasteiger partial charge in [-0.3, -0.25) is 14.3 Å². The molecule has 3 aromatic carbocycles. The highest BCUT2D eigenvalue weighted by atomic mass is 31.1. The van der Waals surface area contributed by atoms with Gasteiger partial charge in [0.1, 0.15) is 17.1 Å². The van der Waals surface area contributed by atoms with Crippen LogP contribution in [0.15, 0.2) is 94.6 Å². The quantitative estimate of drug-likeness (QED) is 0.185. The number of ether oxygens (including phenoxy) is 4. The van der Waals surface area contributed by atoms with Gasteiger partial charge in [0.25, 0.3) is 5.56 Å². The van der Waals surface area contributed by atoms with E-state index in [-0.39, 0.29) is 12.2 Å². The number of aromatic nitrogens is 2. The predicted molar refractivity (Wildman–Crippen MR) is 161 cm³/mol. The summed E-state index contributed by atoms with van der Waals surface area (Å²) in [5.41, 5.74) is -0.273. The number of alkyl halides is 1. The minimum atomic E-state index is -2.75. The summed E-state index contributed by atoms with van der Waals surface area (Å²) in [6, 6.07) is 24.2. The van der Waals surface area contributed by atoms with E-state index in [1.165, 1.54) is 13.1 Å². The van der Waals surface area contributed by atoms with Gasteiger partial charge in [0, 0.05) is 11.8 Å². The van der Waals surface area contributed by atoms with Crippen LogP contribution in [0.5, 0.6) is 11.5 Å². The number of aryl methyl sites for hydroxylation is 1. The Hall–Kier alpha value is -4.15. The van der Waals surface area contributed by atoms with Gasteiger partial charge in [-0.25, -0.2) is 9.18 Å². The maximum atomic E-state index is 16.0. The maximum Gasteiger partial charge on any atom is 0.505 e. The van der Waals surface area contributed by atoms with Gasteiger partial charge in [0.15, 0.2) is 18.6 Å². The standard InChI is InChI=1S/C32H32FN2O8P/c1-20-17-35(31(37)34-29(20)36)30-28(33)26(19-44(38)39)27(43-30)18-42-32(21-7-5-4-6-8-21,22-9-13-24(40-2)14-10-22)23-11-15-25(41-3)16-12-23/h4-17,26-28,30H,18-19H2,1-3H3,(H-,34,36,37,38,39)/p+1/t26-,27?,28-,30?/m1/s1. The third kappa shape index (κ3) is 6.09. The molecule has 1 saturated heterocycles. The van der Waals surface area contributed by atoms with Gasteiger partial charge in [-0.2, -0.15) is 4.89 Å². The fraction of sp³-hybridized carbons (Fsp3) is 0.312. The van der Waals surface area contributed by atoms with E-state index in [2.05, 4.69) is 4.98 Å². The van der Waals surface area contributed by atoms with E-state index < -0.39 is 55.5 Å². The van der Waals surface area contributed by atoms with Crippen LogP contribution in [0.2, 0.25) is 0 Å². The summed E-state index contributed by atoms with van der Waals surface area (Å²) in [4.78, 5) is 36.6. The average molecular weight is 624 g/mol. The number of rotatable bonds is 11. The largest absolute Gasteiger partial charge is 0.505 e. The fourth-order valence-electron chi connectivity index (χ4n) is 5.61. The molecule has 3 unspecified atom stereocenters. The average Bonchev–Trinajstić information content (AvgIpc) is 3.34. The summed E-state index contributed by atoms with van der Waals surface area (Å²) < 4.78 is 52.7. The summed E-state index contributed by atoms with van der Waals surface area (Å²) in [5.74, 6) is 0.190. The minimum absolute atomic E-state index is 0.187. The Kier molecular flexibility index (Phi) is 9.41. The normalized spacial score (nSPS) is 20.3. The second-order valence-electron chi connectivity index (χ2n) is 10.5. The van der Waals surface area contributed by atoms with E-state index in [0.717, 1.165) is 21.3 Å². The second-order valence-corrected chi connectivity index (χ2v) is 11.6. The van der Waals surface area contributed by atoms with Gasteiger partial charge in [-0.15, -0.1) is 0 Å². The number of hydrogen-bond donors (Lipinski definition) is 2. The van der Waals surface area contributed by atoms with E-state index >= 15 is 4.39 Å². The van der Waals surface area contributed by atoms with Crippen LogP contribution in [0.1, 0.15) is 28.5 Å². The van der Waals surface area contributed by atoms with Crippen molar-refractivity contribution >= 4 is 8.03 Å². The summed E-state index contributed by atoms with van der Waals surface area (Å²) in [6.07, 6.45) is -3.51. The summed E-state index contributed by atoms with van der Waals surface area (Å²) in [7, 11) is 0.391. The van der Waals surface area contributed by atoms with E-state index in [1.54, 1.807) is 14.2 Å². The lowest BCUT2D eigenvalue weighted by Gasteiger charge is -2.37. The van der Waals surface area contributed by atoms with Crippen LogP contribution in [0.3, 0.4) is 0 Å². The Morgan fingerprint density at radius 2 is 1.48 bits per heavy atom. The van der Waals surface area contributed by atoms with E-state index in [1.807, 2.05) is 78.9 Å². The molecule has 1 aromatic heterocycles. The van der Waals surface area contributed by atoms with E-state index in [0.29, 0.717) is 11.5 Å². The first-order chi connectivity index (χ1) is 21.2. The van der Waals surface area contributed by atoms with Crippen molar-refractivity contribution in [3.8, 4) is 11.5 Å². The van der Waals surface area contributed by atoms with Crippen molar-refractivity contribution in [3.05, 3.63) is 128 Å². The molecule has 5 rings (SSSR count). The molecule has 12 heteroatoms. The van der Waals surface area contributed by atoms with Crippen LogP contribution >= 0.6 is 8.03 Å². The lowest BCUT2D eigenvalue weighted by Crippen LogP contribution is -2.38. The van der Waals surface area contributed by atoms with Crippen LogP contribution in [0.4, 0.5) is 4.39 Å². The van der Waals surface area contributed by atoms with Crippen molar-refractivity contribution in [2.45, 2.75) is 31.0 Å². The third-order valence-corrected chi connectivity index (χ3v) is 8.63. The molecule has 230 valence electrons. The van der Waals surface area contributed by atoms with Crippen molar-refractivity contribution in [3.63, 3.8) is 0 Å². The van der Waals surface area contributed by atoms with Crippen molar-refractivity contribution in [2.24, 2.45) is 5.92 Å². The highest BCUT2D eigenvalue weighted by molar-refractivity contribution is 7.38. The van der Waals surface area contributed by atoms with Gasteiger partial charge in [-0.1, -0.05) is 54.6 Å². The Labute approximate surface area is 253 Å². The number of hydrogen-bond acceptors (Lipinski definition) is 7. The van der Waals surface area contributed by atoms with Crippen molar-refractivity contribution in [2.75, 3.05) is 27.0 Å². The minimum Gasteiger partial charge on any atom is -0.497 e. The molecule has 1 aliphatic heterocycles. The molecular formula is C32H33FN2O8P+. The molecule has 10 nitrogen and oxygen atoms in total. The molecule has 1 aliphatic rings. The Morgan fingerprint density at radius 1 is 0.932 bits per heavy atom. The van der Waals surface area contributed by atoms with Gasteiger partial charge >= 0.3 is 13.7 Å². The second kappa shape index (κ2) is 13.2. The Bertz CT molecular complexity index is 1660. The number of nitrogens with one attached hydrogen (secondary N) is 1. The van der Waals surface area contributed by atoms with Crippen LogP contribution in [0, 0.1) is 12.8 Å². The SMILES string of the molecule is COc1ccc(C(OCC2OC(n3cc(C)c(=O)[nH]c3=O)[C@H](F)[C@@H]2C[P+](=O)O)(c2ccccc2)c2ccc(OC)cc2)cc1. The molecule has 1 fully saturated rings. The van der Waals surface area contributed by atoms with Crippen molar-refractivity contribution < 1.29 is 32.8 Å². The number of benzene rings is 3. The topological polar surface area (TPSA) is 129 Å². The van der Waals surface area contributed by atoms with Gasteiger partial charge in [0.2, 0.25) is 0 Å². The number of halogens is 1. The van der Waals surface area contributed by atoms with Gasteiger partial charge < -0.3 is 18.9 Å². The maximum absolute atomic E-state index is 16.0. The zero-order chi connectivity index (χ0) is 31.4. The van der Waals surface area contributed by atoms with Crippen molar-refractivity contribution in [1.82, 2.24) is 9.55 Å². The first-order valence-electron chi connectivity index (χ1n) is 13.9. The first kappa shape index (κ1) is 31.3. The van der Waals surface area contributed by atoms with Crippen LogP contribution in [-0.4, -0.2) is 53.7 Å². The van der Waals surface area contributed by atoms with E-state index in [9.17, 15) is 19.0 Å². The van der Waals surface area contributed by atoms with Gasteiger partial charge in [0.05, 0.1) is 32.8 Å². The number of methoxy groups -OCH3 is 2. The summed E-state index contributed by atoms with van der Waals surface area (Å²) in [6.45, 7) is 1.27. The molecule has 44 heavy (non-hydrogen) atoms. The number of H-pyrrole nitrogens is 1. The molecule has 2 N–H and O–H groups in total. The third-order valence-electron chi connectivity index (χ3n) is 7.90. The smallest absolute Gasteiger partial charge is 0.497 e. The molecule has 0 aliphatic carbocycles. The molecule has 0 spiro atoms. The lowest BCUT2D eigenvalue weighted by molar-refractivity contribution is -0.0866. The Morgan fingerprint density at radius 3 is 2.00 bits per heavy atom. The van der Waals surface area contributed by atoms with Crippen LogP contribution in [-0.2, 0) is 19.6 Å². The summed E-state index contributed by atoms with van der Waals surface area (Å²) in [5, 5.41) is 0. The fourth-order valence-corrected chi connectivity index (χ4v) is 6.41. The summed E-state index contributed by atoms with van der Waals surface area (Å²) >= 11 is 0. The highest BCUT2D eigenvalue weighted by Crippen LogP contribution is 2.45. The molecule has 0 bridgehead atoms. The number of nitrogens with zero attached hydrogens (tertiary/aromatic N) is 1. The van der Waals surface area contributed by atoms with Crippen LogP contribution in [0.25, 0.3) is 0 Å². The van der Waals surface area contributed by atoms with Crippen LogP contribution < -0.4 is 20.7 Å². The molecule has 4 aromatic rings. The molecular weight excluding hydrogens is 590 g/mol. The zero-order valence-electron chi connectivity index (χ0n) is 24.4. The van der Waals surface area contributed by atoms with Crippen molar-refractivity contribution in [1.29, 1.82) is 0 Å². The monoisotopic (exact) mass is 623 g/mol. The first-order valence-corrected chi connectivity index (χ1v) is 15.3. The molecule has 0 saturated carbocycles. The zero-order valence-corrected chi connectivity index (χ0v) is 25.3. The van der Waals surface area contributed by atoms with Gasteiger partial charge in [-0.05, 0) is 52.4 Å². The molecule has 0 amide bonds. The highest BCUT2D eigenvalue weighted by Gasteiger charge is 2.51. The molecule has 5 atom stereocenters.